The molecule has 0 atom stereocenters. The average Bonchev–Trinajstić information content (AvgIpc) is 2.76. The predicted octanol–water partition coefficient (Wildman–Crippen LogP) is 3.71. The summed E-state index contributed by atoms with van der Waals surface area (Å²) < 4.78 is 7.40. The molecule has 0 aliphatic heterocycles. The van der Waals surface area contributed by atoms with Gasteiger partial charge in [0, 0.05) is 5.88 Å². The molecule has 0 spiro atoms. The minimum atomic E-state index is 0.156. The topological polar surface area (TPSA) is 27.1 Å². The van der Waals surface area contributed by atoms with Crippen LogP contribution in [0.1, 0.15) is 25.0 Å². The van der Waals surface area contributed by atoms with E-state index in [4.69, 9.17) is 16.3 Å². The first kappa shape index (κ1) is 13.0. The Kier molecular flexibility index (Phi) is 3.92. The lowest BCUT2D eigenvalue weighted by Gasteiger charge is -2.07. The highest BCUT2D eigenvalue weighted by Crippen LogP contribution is 2.18. The molecule has 1 heterocycles. The highest BCUT2D eigenvalue weighted by Gasteiger charge is 2.05. The van der Waals surface area contributed by atoms with E-state index in [2.05, 4.69) is 18.1 Å². The highest BCUT2D eigenvalue weighted by atomic mass is 35.5. The Balaban J connectivity index is 2.26. The van der Waals surface area contributed by atoms with Crippen LogP contribution >= 0.6 is 11.6 Å². The number of nitrogens with zero attached hydrogens (tertiary/aromatic N) is 2. The molecule has 0 fully saturated rings. The van der Waals surface area contributed by atoms with Crippen LogP contribution in [0.15, 0.2) is 30.6 Å². The largest absolute Gasteiger partial charge is 0.488 e. The second-order valence-electron chi connectivity index (χ2n) is 4.53. The fourth-order valence-corrected chi connectivity index (χ4v) is 2.05. The molecule has 96 valence electrons. The van der Waals surface area contributed by atoms with E-state index in [-0.39, 0.29) is 6.10 Å². The molecule has 1 aromatic heterocycles. The number of alkyl halides is 1. The molecule has 0 aliphatic rings. The van der Waals surface area contributed by atoms with Gasteiger partial charge in [0.15, 0.2) is 5.75 Å². The molecule has 0 radical (unpaired) electrons. The molecule has 0 bridgehead atoms. The summed E-state index contributed by atoms with van der Waals surface area (Å²) in [4.78, 5) is 0. The number of rotatable bonds is 4. The molecule has 0 saturated heterocycles. The van der Waals surface area contributed by atoms with Gasteiger partial charge >= 0.3 is 0 Å². The van der Waals surface area contributed by atoms with Crippen molar-refractivity contribution in [2.75, 3.05) is 0 Å². The third-order valence-electron chi connectivity index (χ3n) is 2.67. The van der Waals surface area contributed by atoms with Crippen LogP contribution in [-0.2, 0) is 5.88 Å². The Morgan fingerprint density at radius 3 is 2.78 bits per heavy atom. The summed E-state index contributed by atoms with van der Waals surface area (Å²) >= 11 is 5.85. The van der Waals surface area contributed by atoms with Gasteiger partial charge in [0.1, 0.15) is 0 Å². The Bertz CT molecular complexity index is 534. The predicted molar refractivity (Wildman–Crippen MR) is 73.6 cm³/mol. The van der Waals surface area contributed by atoms with Crippen molar-refractivity contribution in [2.24, 2.45) is 0 Å². The van der Waals surface area contributed by atoms with Crippen LogP contribution in [0.3, 0.4) is 0 Å². The van der Waals surface area contributed by atoms with Gasteiger partial charge in [0.25, 0.3) is 0 Å². The molecule has 0 amide bonds. The van der Waals surface area contributed by atoms with E-state index in [0.717, 1.165) is 17.0 Å². The third-order valence-corrected chi connectivity index (χ3v) is 2.95. The molecule has 2 aromatic rings. The lowest BCUT2D eigenvalue weighted by molar-refractivity contribution is 0.242. The van der Waals surface area contributed by atoms with Crippen molar-refractivity contribution >= 4 is 11.6 Å². The molecular formula is C14H17ClN2O. The van der Waals surface area contributed by atoms with E-state index < -0.39 is 0 Å². The van der Waals surface area contributed by atoms with Gasteiger partial charge in [0.2, 0.25) is 0 Å². The second kappa shape index (κ2) is 5.44. The minimum absolute atomic E-state index is 0.156. The van der Waals surface area contributed by atoms with Crippen molar-refractivity contribution in [3.8, 4) is 11.4 Å². The number of hydrogen-bond donors (Lipinski definition) is 0. The van der Waals surface area contributed by atoms with E-state index >= 15 is 0 Å². The quantitative estimate of drug-likeness (QED) is 0.787. The van der Waals surface area contributed by atoms with Crippen molar-refractivity contribution in [2.45, 2.75) is 32.8 Å². The number of ether oxygens (including phenoxy) is 1. The number of halogens is 1. The molecule has 3 nitrogen and oxygen atoms in total. The molecule has 0 saturated carbocycles. The van der Waals surface area contributed by atoms with Crippen LogP contribution in [0.4, 0.5) is 0 Å². The van der Waals surface area contributed by atoms with Gasteiger partial charge in [-0.25, -0.2) is 4.68 Å². The van der Waals surface area contributed by atoms with Gasteiger partial charge in [-0.05, 0) is 44.0 Å². The number of aromatic nitrogens is 2. The first-order valence-electron chi connectivity index (χ1n) is 5.97. The normalized spacial score (nSPS) is 10.9. The number of benzene rings is 1. The fraction of sp³-hybridized carbons (Fsp3) is 0.357. The van der Waals surface area contributed by atoms with Crippen LogP contribution in [0.5, 0.6) is 5.75 Å². The summed E-state index contributed by atoms with van der Waals surface area (Å²) in [5.74, 6) is 1.32. The summed E-state index contributed by atoms with van der Waals surface area (Å²) in [6, 6.07) is 6.11. The van der Waals surface area contributed by atoms with Crippen LogP contribution in [-0.4, -0.2) is 15.9 Å². The van der Waals surface area contributed by atoms with Crippen LogP contribution in [0.25, 0.3) is 5.69 Å². The molecule has 1 aromatic carbocycles. The maximum Gasteiger partial charge on any atom is 0.158 e. The third kappa shape index (κ3) is 2.85. The van der Waals surface area contributed by atoms with Crippen molar-refractivity contribution in [3.05, 3.63) is 41.7 Å². The minimum Gasteiger partial charge on any atom is -0.488 e. The van der Waals surface area contributed by atoms with E-state index in [1.807, 2.05) is 36.9 Å². The summed E-state index contributed by atoms with van der Waals surface area (Å²) in [5.41, 5.74) is 3.33. The van der Waals surface area contributed by atoms with Gasteiger partial charge in [-0.1, -0.05) is 6.07 Å². The number of hydrogen-bond acceptors (Lipinski definition) is 2. The first-order valence-corrected chi connectivity index (χ1v) is 6.51. The van der Waals surface area contributed by atoms with Gasteiger partial charge in [-0.15, -0.1) is 11.6 Å². The maximum atomic E-state index is 5.85. The molecule has 0 aliphatic carbocycles. The van der Waals surface area contributed by atoms with Gasteiger partial charge in [-0.3, -0.25) is 0 Å². The number of aryl methyl sites for hydroxylation is 1. The Labute approximate surface area is 112 Å². The lowest BCUT2D eigenvalue weighted by atomic mass is 10.1. The zero-order valence-corrected chi connectivity index (χ0v) is 11.6. The van der Waals surface area contributed by atoms with E-state index in [1.54, 1.807) is 6.20 Å². The fourth-order valence-electron chi connectivity index (χ4n) is 1.75. The van der Waals surface area contributed by atoms with Crippen molar-refractivity contribution < 1.29 is 4.74 Å². The maximum absolute atomic E-state index is 5.85. The molecule has 0 unspecified atom stereocenters. The SMILES string of the molecule is Cc1cc(-n2cc(OC(C)C)cn2)ccc1CCl. The Morgan fingerprint density at radius 2 is 2.17 bits per heavy atom. The monoisotopic (exact) mass is 264 g/mol. The standard InChI is InChI=1S/C14H17ClN2O/c1-10(2)18-14-8-16-17(9-14)13-5-4-12(7-15)11(3)6-13/h4-6,8-10H,7H2,1-3H3. The Hall–Kier alpha value is -1.48. The summed E-state index contributed by atoms with van der Waals surface area (Å²) in [6.45, 7) is 6.05. The molecule has 18 heavy (non-hydrogen) atoms. The highest BCUT2D eigenvalue weighted by molar-refractivity contribution is 6.17. The van der Waals surface area contributed by atoms with Crippen molar-refractivity contribution in [1.29, 1.82) is 0 Å². The molecule has 4 heteroatoms. The molecule has 2 rings (SSSR count). The van der Waals surface area contributed by atoms with E-state index in [9.17, 15) is 0 Å². The molecular weight excluding hydrogens is 248 g/mol. The van der Waals surface area contributed by atoms with E-state index in [0.29, 0.717) is 5.88 Å². The smallest absolute Gasteiger partial charge is 0.158 e. The second-order valence-corrected chi connectivity index (χ2v) is 4.80. The van der Waals surface area contributed by atoms with Crippen molar-refractivity contribution in [3.63, 3.8) is 0 Å². The van der Waals surface area contributed by atoms with Gasteiger partial charge in [0.05, 0.1) is 24.2 Å². The van der Waals surface area contributed by atoms with Crippen LogP contribution in [0, 0.1) is 6.92 Å². The van der Waals surface area contributed by atoms with Gasteiger partial charge in [-0.2, -0.15) is 5.10 Å². The van der Waals surface area contributed by atoms with E-state index in [1.165, 1.54) is 5.56 Å². The summed E-state index contributed by atoms with van der Waals surface area (Å²) in [5, 5.41) is 4.29. The first-order chi connectivity index (χ1) is 8.60. The summed E-state index contributed by atoms with van der Waals surface area (Å²) in [6.07, 6.45) is 3.77. The summed E-state index contributed by atoms with van der Waals surface area (Å²) in [7, 11) is 0. The lowest BCUT2D eigenvalue weighted by Crippen LogP contribution is -2.04. The zero-order valence-electron chi connectivity index (χ0n) is 10.9. The van der Waals surface area contributed by atoms with Crippen molar-refractivity contribution in [1.82, 2.24) is 9.78 Å². The average molecular weight is 265 g/mol. The Morgan fingerprint density at radius 1 is 1.39 bits per heavy atom. The van der Waals surface area contributed by atoms with Crippen LogP contribution < -0.4 is 4.74 Å². The van der Waals surface area contributed by atoms with Gasteiger partial charge < -0.3 is 4.74 Å². The zero-order chi connectivity index (χ0) is 13.1. The molecule has 0 N–H and O–H groups in total. The van der Waals surface area contributed by atoms with Crippen LogP contribution in [0.2, 0.25) is 0 Å².